The lowest BCUT2D eigenvalue weighted by molar-refractivity contribution is -0.659. The highest BCUT2D eigenvalue weighted by atomic mass is 32.1. The summed E-state index contributed by atoms with van der Waals surface area (Å²) in [4.78, 5) is 1.35. The Balaban J connectivity index is 0.000000104. The average molecular weight is 1420 g/mol. The van der Waals surface area contributed by atoms with Crippen LogP contribution in [0, 0.1) is 34.5 Å². The van der Waals surface area contributed by atoms with Crippen molar-refractivity contribution in [1.29, 1.82) is 0 Å². The van der Waals surface area contributed by atoms with Gasteiger partial charge in [0.05, 0.1) is 58.4 Å². The number of hydrogen-bond donors (Lipinski definition) is 0. The molecule has 0 N–H and O–H groups in total. The van der Waals surface area contributed by atoms with Crippen LogP contribution in [0.5, 0.6) is 0 Å². The number of aromatic nitrogens is 8. The van der Waals surface area contributed by atoms with Crippen LogP contribution in [0.15, 0.2) is 285 Å². The van der Waals surface area contributed by atoms with Gasteiger partial charge in [-0.2, -0.15) is 4.57 Å². The Kier molecular flexibility index (Phi) is 15.7. The molecule has 0 aliphatic heterocycles. The Labute approximate surface area is 637 Å². The molecule has 21 aromatic rings. The summed E-state index contributed by atoms with van der Waals surface area (Å²) in [5, 5.41) is 22.0. The van der Waals surface area contributed by atoms with E-state index < -0.39 is 6.85 Å². The maximum atomic E-state index is 7.67. The van der Waals surface area contributed by atoms with Crippen LogP contribution >= 0.6 is 11.3 Å². The Morgan fingerprint density at radius 3 is 1.34 bits per heavy atom. The first-order valence-electron chi connectivity index (χ1n) is 38.6. The van der Waals surface area contributed by atoms with Gasteiger partial charge in [-0.25, -0.2) is 27.4 Å². The fourth-order valence-corrected chi connectivity index (χ4v) is 18.8. The van der Waals surface area contributed by atoms with Gasteiger partial charge in [-0.05, 0) is 179 Å². The number of aryl methyl sites for hydroxylation is 13. The van der Waals surface area contributed by atoms with Gasteiger partial charge in [0.2, 0.25) is 5.69 Å². The zero-order valence-corrected chi connectivity index (χ0v) is 63.9. The minimum Gasteiger partial charge on any atom is -0.339 e. The molecule has 0 saturated carbocycles. The molecule has 0 aliphatic rings. The minimum atomic E-state index is -2.09. The number of nitrogens with zero attached hydrogens (tertiary/aromatic N) is 8. The van der Waals surface area contributed by atoms with Gasteiger partial charge in [0.25, 0.3) is 16.9 Å². The van der Waals surface area contributed by atoms with E-state index in [1.165, 1.54) is 185 Å². The molecule has 0 spiro atoms. The largest absolute Gasteiger partial charge is 0.339 e. The molecule has 9 aromatic heterocycles. The van der Waals surface area contributed by atoms with Crippen molar-refractivity contribution < 1.29 is 22.4 Å². The first-order valence-corrected chi connectivity index (χ1v) is 37.9. The predicted molar refractivity (Wildman–Crippen MR) is 457 cm³/mol. The van der Waals surface area contributed by atoms with E-state index in [4.69, 9.17) is 4.11 Å². The van der Waals surface area contributed by atoms with E-state index in [9.17, 15) is 0 Å². The monoisotopic (exact) mass is 1420 g/mol. The predicted octanol–water partition coefficient (Wildman–Crippen LogP) is 22.7. The zero-order valence-electron chi connectivity index (χ0n) is 66.1. The Hall–Kier alpha value is -12.6. The Morgan fingerprint density at radius 1 is 0.306 bits per heavy atom. The summed E-state index contributed by atoms with van der Waals surface area (Å²) in [7, 11) is 17.2. The summed E-state index contributed by atoms with van der Waals surface area (Å²) >= 11 is 1.89. The van der Waals surface area contributed by atoms with Gasteiger partial charge in [0.1, 0.15) is 51.1 Å². The molecule has 524 valence electrons. The summed E-state index contributed by atoms with van der Waals surface area (Å²) in [5.74, 6) is 0. The van der Waals surface area contributed by atoms with Crippen molar-refractivity contribution in [2.24, 2.45) is 56.4 Å². The molecule has 0 saturated heterocycles. The van der Waals surface area contributed by atoms with Crippen molar-refractivity contribution in [2.45, 2.75) is 34.5 Å². The van der Waals surface area contributed by atoms with Gasteiger partial charge in [-0.3, -0.25) is 0 Å². The summed E-state index contributed by atoms with van der Waals surface area (Å²) in [6, 6.07) is 99.5. The molecule has 9 heterocycles. The van der Waals surface area contributed by atoms with Crippen LogP contribution < -0.4 is 18.3 Å². The summed E-state index contributed by atoms with van der Waals surface area (Å²) in [5.41, 5.74) is 23.7. The molecule has 8 nitrogen and oxygen atoms in total. The van der Waals surface area contributed by atoms with Gasteiger partial charge < -0.3 is 4.57 Å². The normalized spacial score (nSPS) is 12.3. The van der Waals surface area contributed by atoms with Gasteiger partial charge in [0, 0.05) is 76.5 Å². The lowest BCUT2D eigenvalue weighted by atomic mass is 10.0. The topological polar surface area (TPSA) is 35.2 Å². The summed E-state index contributed by atoms with van der Waals surface area (Å²) in [6.07, 6.45) is 2.28. The highest BCUT2D eigenvalue weighted by molar-refractivity contribution is 7.22. The van der Waals surface area contributed by atoms with Crippen molar-refractivity contribution >= 4 is 152 Å². The van der Waals surface area contributed by atoms with E-state index in [1.807, 2.05) is 24.3 Å². The van der Waals surface area contributed by atoms with Crippen LogP contribution in [0.3, 0.4) is 0 Å². The molecular formula is C99H86N8S+4. The number of fused-ring (bicyclic) bond motifs is 19. The molecule has 108 heavy (non-hydrogen) atoms. The average Bonchev–Trinajstić information content (AvgIpc) is 1.59. The molecule has 12 aromatic carbocycles. The highest BCUT2D eigenvalue weighted by Gasteiger charge is 2.27. The van der Waals surface area contributed by atoms with E-state index in [1.54, 1.807) is 12.1 Å². The molecule has 0 atom stereocenters. The van der Waals surface area contributed by atoms with E-state index >= 15 is 0 Å². The maximum absolute atomic E-state index is 7.67. The molecule has 9 heteroatoms. The van der Waals surface area contributed by atoms with Gasteiger partial charge >= 0.3 is 0 Å². The number of hydrogen-bond acceptors (Lipinski definition) is 1. The first-order chi connectivity index (χ1) is 53.7. The molecule has 21 rings (SSSR count). The quantitative estimate of drug-likeness (QED) is 0.157. The minimum absolute atomic E-state index is 0.378. The molecule has 0 fully saturated rings. The summed E-state index contributed by atoms with van der Waals surface area (Å²) in [6.45, 7) is 6.48. The molecule has 0 amide bonds. The van der Waals surface area contributed by atoms with Crippen LogP contribution in [-0.4, -0.2) is 18.3 Å². The SMILES string of the molecule is Cc1c(-c2cc3c4cc5ccccc5cc4n(C)c3c[n+]2C)sc2ccccc12.Cc1ccccc1-c1ccc2c3c4ccccc4ccc3n(C)c2[n+]1C.Cc1ccccc1-c1ccc2c3ccc4ccccc4c3n(C)c2[n+]1C.[2H]C([2H])([2H])c1ccc(-c2ccc3c4cc5ccccc5cc4n(C)c3[n+]2C)c(C)c1. The van der Waals surface area contributed by atoms with Crippen LogP contribution in [0.1, 0.15) is 31.9 Å². The third-order valence-corrected chi connectivity index (χ3v) is 24.4. The maximum Gasteiger partial charge on any atom is 0.289 e. The number of thiophene rings is 1. The lowest BCUT2D eigenvalue weighted by Crippen LogP contribution is -2.33. The number of benzene rings is 12. The van der Waals surface area contributed by atoms with Crippen LogP contribution in [0.25, 0.3) is 185 Å². The highest BCUT2D eigenvalue weighted by Crippen LogP contribution is 2.42. The fraction of sp³-hybridized carbons (Fsp3) is 0.131. The van der Waals surface area contributed by atoms with E-state index in [2.05, 4.69) is 381 Å². The number of pyridine rings is 4. The van der Waals surface area contributed by atoms with Crippen molar-refractivity contribution in [3.8, 4) is 44.3 Å². The van der Waals surface area contributed by atoms with E-state index in [0.717, 1.165) is 22.5 Å². The van der Waals surface area contributed by atoms with Gasteiger partial charge in [0.15, 0.2) is 6.20 Å². The van der Waals surface area contributed by atoms with Gasteiger partial charge in [-0.1, -0.05) is 200 Å². The third-order valence-electron chi connectivity index (χ3n) is 23.1. The third kappa shape index (κ3) is 10.9. The van der Waals surface area contributed by atoms with Gasteiger partial charge in [-0.15, -0.1) is 11.3 Å². The van der Waals surface area contributed by atoms with Crippen LogP contribution in [0.4, 0.5) is 0 Å². The molecule has 0 radical (unpaired) electrons. The molecule has 0 bridgehead atoms. The molecular weight excluding hydrogens is 1330 g/mol. The Morgan fingerprint density at radius 2 is 0.750 bits per heavy atom. The van der Waals surface area contributed by atoms with Crippen LogP contribution in [0.2, 0.25) is 0 Å². The zero-order chi connectivity index (χ0) is 76.6. The lowest BCUT2D eigenvalue weighted by Gasteiger charge is -2.09. The smallest absolute Gasteiger partial charge is 0.289 e. The van der Waals surface area contributed by atoms with E-state index in [-0.39, 0.29) is 0 Å². The second kappa shape index (κ2) is 26.5. The summed E-state index contributed by atoms with van der Waals surface area (Å²) < 4.78 is 42.7. The van der Waals surface area contributed by atoms with Crippen molar-refractivity contribution in [2.75, 3.05) is 0 Å². The first kappa shape index (κ1) is 63.9. The Bertz CT molecular complexity index is 7370. The molecule has 0 unspecified atom stereocenters. The van der Waals surface area contributed by atoms with Crippen LogP contribution in [-0.2, 0) is 56.4 Å². The van der Waals surface area contributed by atoms with Crippen molar-refractivity contribution in [3.63, 3.8) is 0 Å². The molecule has 0 aliphatic carbocycles. The van der Waals surface area contributed by atoms with E-state index in [0.29, 0.717) is 5.56 Å². The van der Waals surface area contributed by atoms with Crippen molar-refractivity contribution in [3.05, 3.63) is 313 Å². The number of rotatable bonds is 4. The van der Waals surface area contributed by atoms with Crippen molar-refractivity contribution in [1.82, 2.24) is 18.3 Å². The standard InChI is InChI=1S/C26H21N2S.C25H23N2.2C24H21N2/c1-16-19-10-6-7-11-25(19)29-26(16)23-14-21-20-12-17-8-4-5-9-18(17)13-22(20)28(3)24(21)15-27(23)2;1-16-9-10-20(17(2)13-16)23-12-11-21-22-14-18-7-5-6-8-19(18)15-24(22)27(4)25(21)26(23)3;1-16-8-4-6-10-18(16)21-15-13-20-23-19-11-7-5-9-17(19)12-14-22(23)26(3)24(20)25(21)2;1-16-8-4-6-10-18(16)22-15-14-21-20-13-12-17-9-5-7-11-19(17)23(20)26(3)24(21)25(22)2/h4-15H,1-3H3;5-15H,1-4H3;2*4-15H,1-3H3/q4*+1/i;1D3;;. The fourth-order valence-electron chi connectivity index (χ4n) is 17.6. The second-order valence-corrected chi connectivity index (χ2v) is 30.4. The second-order valence-electron chi connectivity index (χ2n) is 29.4.